The molecule has 4 rings (SSSR count). The summed E-state index contributed by atoms with van der Waals surface area (Å²) in [4.78, 5) is 24.6. The molecule has 0 aliphatic rings. The molecule has 9 nitrogen and oxygen atoms in total. The van der Waals surface area contributed by atoms with Crippen LogP contribution in [0.25, 0.3) is 17.2 Å². The van der Waals surface area contributed by atoms with Gasteiger partial charge < -0.3 is 19.5 Å². The fourth-order valence-corrected chi connectivity index (χ4v) is 4.70. The van der Waals surface area contributed by atoms with E-state index in [-0.39, 0.29) is 12.5 Å². The van der Waals surface area contributed by atoms with Gasteiger partial charge in [0.1, 0.15) is 0 Å². The molecule has 0 unspecified atom stereocenters. The predicted molar refractivity (Wildman–Crippen MR) is 133 cm³/mol. The Labute approximate surface area is 207 Å². The molecule has 0 spiro atoms. The number of thiophene rings is 1. The van der Waals surface area contributed by atoms with Crippen molar-refractivity contribution in [3.63, 3.8) is 0 Å². The van der Waals surface area contributed by atoms with Crippen molar-refractivity contribution in [3.05, 3.63) is 69.3 Å². The van der Waals surface area contributed by atoms with Gasteiger partial charge in [-0.25, -0.2) is 9.97 Å². The number of hydrogen-bond acceptors (Lipinski definition) is 8. The SMILES string of the molecule is COCc1c(C(=O)NCc2ccc(OC)c(OC)c2)cnn1-c1nccc(-c2cc(C)sc2C)n1. The molecule has 0 saturated heterocycles. The van der Waals surface area contributed by atoms with Crippen molar-refractivity contribution >= 4 is 17.2 Å². The number of aryl methyl sites for hydroxylation is 2. The van der Waals surface area contributed by atoms with Crippen LogP contribution < -0.4 is 14.8 Å². The first-order chi connectivity index (χ1) is 16.9. The van der Waals surface area contributed by atoms with Gasteiger partial charge in [0.05, 0.1) is 44.0 Å². The van der Waals surface area contributed by atoms with E-state index in [1.54, 1.807) is 49.6 Å². The Morgan fingerprint density at radius 1 is 1.09 bits per heavy atom. The largest absolute Gasteiger partial charge is 0.493 e. The smallest absolute Gasteiger partial charge is 0.255 e. The summed E-state index contributed by atoms with van der Waals surface area (Å²) in [5.74, 6) is 1.32. The molecular weight excluding hydrogens is 466 g/mol. The minimum atomic E-state index is -0.279. The first-order valence-corrected chi connectivity index (χ1v) is 11.7. The fourth-order valence-electron chi connectivity index (χ4n) is 3.77. The Bertz CT molecular complexity index is 1350. The second kappa shape index (κ2) is 10.7. The molecule has 1 N–H and O–H groups in total. The van der Waals surface area contributed by atoms with Crippen LogP contribution in [0.15, 0.2) is 42.7 Å². The van der Waals surface area contributed by atoms with Gasteiger partial charge in [-0.2, -0.15) is 9.78 Å². The molecular formula is C25H27N5O4S. The Morgan fingerprint density at radius 3 is 2.57 bits per heavy atom. The highest BCUT2D eigenvalue weighted by molar-refractivity contribution is 7.12. The molecule has 3 aromatic heterocycles. The molecule has 0 bridgehead atoms. The number of nitrogens with zero attached hydrogens (tertiary/aromatic N) is 4. The number of carbonyl (C=O) groups excluding carboxylic acids is 1. The minimum absolute atomic E-state index is 0.170. The molecule has 0 aliphatic carbocycles. The molecule has 10 heteroatoms. The third kappa shape index (κ3) is 5.18. The van der Waals surface area contributed by atoms with Crippen molar-refractivity contribution in [2.75, 3.05) is 21.3 Å². The number of ether oxygens (including phenoxy) is 3. The highest BCUT2D eigenvalue weighted by atomic mass is 32.1. The number of amides is 1. The Morgan fingerprint density at radius 2 is 1.89 bits per heavy atom. The van der Waals surface area contributed by atoms with Crippen LogP contribution in [0, 0.1) is 13.8 Å². The average Bonchev–Trinajstić information content (AvgIpc) is 3.44. The zero-order chi connectivity index (χ0) is 24.9. The van der Waals surface area contributed by atoms with Gasteiger partial charge in [0.2, 0.25) is 0 Å². The van der Waals surface area contributed by atoms with Gasteiger partial charge in [0, 0.05) is 35.2 Å². The van der Waals surface area contributed by atoms with Crippen LogP contribution in [0.5, 0.6) is 11.5 Å². The number of carbonyl (C=O) groups is 1. The lowest BCUT2D eigenvalue weighted by Crippen LogP contribution is -2.24. The summed E-state index contributed by atoms with van der Waals surface area (Å²) in [6.45, 7) is 4.61. The van der Waals surface area contributed by atoms with Crippen molar-refractivity contribution in [2.24, 2.45) is 0 Å². The zero-order valence-electron chi connectivity index (χ0n) is 20.3. The molecule has 4 aromatic rings. The van der Waals surface area contributed by atoms with Crippen molar-refractivity contribution in [1.82, 2.24) is 25.1 Å². The summed E-state index contributed by atoms with van der Waals surface area (Å²) < 4.78 is 17.5. The quantitative estimate of drug-likeness (QED) is 0.375. The maximum Gasteiger partial charge on any atom is 0.255 e. The highest BCUT2D eigenvalue weighted by Crippen LogP contribution is 2.30. The van der Waals surface area contributed by atoms with Gasteiger partial charge in [-0.15, -0.1) is 11.3 Å². The first-order valence-electron chi connectivity index (χ1n) is 10.9. The van der Waals surface area contributed by atoms with E-state index in [1.165, 1.54) is 16.0 Å². The molecule has 0 radical (unpaired) electrons. The zero-order valence-corrected chi connectivity index (χ0v) is 21.1. The van der Waals surface area contributed by atoms with E-state index in [2.05, 4.69) is 35.3 Å². The van der Waals surface area contributed by atoms with E-state index >= 15 is 0 Å². The number of methoxy groups -OCH3 is 3. The summed E-state index contributed by atoms with van der Waals surface area (Å²) in [7, 11) is 4.72. The normalized spacial score (nSPS) is 10.9. The fraction of sp³-hybridized carbons (Fsp3) is 0.280. The number of benzene rings is 1. The Hall–Kier alpha value is -3.76. The summed E-state index contributed by atoms with van der Waals surface area (Å²) >= 11 is 1.72. The molecule has 1 amide bonds. The van der Waals surface area contributed by atoms with Crippen LogP contribution in [0.4, 0.5) is 0 Å². The van der Waals surface area contributed by atoms with Crippen molar-refractivity contribution < 1.29 is 19.0 Å². The van der Waals surface area contributed by atoms with E-state index in [0.29, 0.717) is 35.2 Å². The third-order valence-electron chi connectivity index (χ3n) is 5.44. The first kappa shape index (κ1) is 24.4. The number of aromatic nitrogens is 4. The van der Waals surface area contributed by atoms with Crippen LogP contribution in [0.2, 0.25) is 0 Å². The second-order valence-electron chi connectivity index (χ2n) is 7.79. The van der Waals surface area contributed by atoms with Crippen molar-refractivity contribution in [1.29, 1.82) is 0 Å². The van der Waals surface area contributed by atoms with Crippen LogP contribution in [-0.4, -0.2) is 47.0 Å². The van der Waals surface area contributed by atoms with Crippen molar-refractivity contribution in [2.45, 2.75) is 27.0 Å². The lowest BCUT2D eigenvalue weighted by atomic mass is 10.2. The van der Waals surface area contributed by atoms with Gasteiger partial charge in [0.25, 0.3) is 11.9 Å². The van der Waals surface area contributed by atoms with Gasteiger partial charge in [-0.05, 0) is 43.7 Å². The van der Waals surface area contributed by atoms with Crippen LogP contribution in [-0.2, 0) is 17.9 Å². The lowest BCUT2D eigenvalue weighted by molar-refractivity contribution is 0.0945. The number of nitrogens with one attached hydrogen (secondary N) is 1. The van der Waals surface area contributed by atoms with Crippen molar-refractivity contribution in [3.8, 4) is 28.7 Å². The molecule has 35 heavy (non-hydrogen) atoms. The topological polar surface area (TPSA) is 100 Å². The van der Waals surface area contributed by atoms with E-state index in [0.717, 1.165) is 16.8 Å². The average molecular weight is 494 g/mol. The van der Waals surface area contributed by atoms with Crippen LogP contribution in [0.3, 0.4) is 0 Å². The predicted octanol–water partition coefficient (Wildman–Crippen LogP) is 4.10. The summed E-state index contributed by atoms with van der Waals surface area (Å²) in [5.41, 5.74) is 3.69. The van der Waals surface area contributed by atoms with Gasteiger partial charge in [-0.1, -0.05) is 6.07 Å². The van der Waals surface area contributed by atoms with E-state index in [4.69, 9.17) is 19.2 Å². The molecule has 0 saturated carbocycles. The molecule has 182 valence electrons. The monoisotopic (exact) mass is 493 g/mol. The van der Waals surface area contributed by atoms with Crippen LogP contribution >= 0.6 is 11.3 Å². The van der Waals surface area contributed by atoms with Gasteiger partial charge >= 0.3 is 0 Å². The maximum atomic E-state index is 13.1. The van der Waals surface area contributed by atoms with Gasteiger partial charge in [-0.3, -0.25) is 4.79 Å². The van der Waals surface area contributed by atoms with E-state index in [9.17, 15) is 4.79 Å². The summed E-state index contributed by atoms with van der Waals surface area (Å²) in [6.07, 6.45) is 3.20. The number of rotatable bonds is 9. The van der Waals surface area contributed by atoms with E-state index < -0.39 is 0 Å². The highest BCUT2D eigenvalue weighted by Gasteiger charge is 2.20. The molecule has 0 atom stereocenters. The van der Waals surface area contributed by atoms with E-state index in [1.807, 2.05) is 18.2 Å². The molecule has 3 heterocycles. The Balaban J connectivity index is 1.59. The summed E-state index contributed by atoms with van der Waals surface area (Å²) in [6, 6.07) is 9.48. The Kier molecular flexibility index (Phi) is 7.42. The van der Waals surface area contributed by atoms with Gasteiger partial charge in [0.15, 0.2) is 11.5 Å². The molecule has 0 fully saturated rings. The second-order valence-corrected chi connectivity index (χ2v) is 9.25. The standard InChI is InChI=1S/C25H27N5O4S/c1-15-10-18(16(2)35-15)20-8-9-26-25(29-20)30-21(14-32-3)19(13-28-30)24(31)27-12-17-6-7-22(33-4)23(11-17)34-5/h6-11,13H,12,14H2,1-5H3,(H,27,31). The summed E-state index contributed by atoms with van der Waals surface area (Å²) in [5, 5.41) is 7.34. The number of hydrogen-bond donors (Lipinski definition) is 1. The maximum absolute atomic E-state index is 13.1. The van der Waals surface area contributed by atoms with Crippen LogP contribution in [0.1, 0.15) is 31.4 Å². The minimum Gasteiger partial charge on any atom is -0.493 e. The third-order valence-corrected chi connectivity index (χ3v) is 6.41. The molecule has 1 aromatic carbocycles. The lowest BCUT2D eigenvalue weighted by Gasteiger charge is -2.11. The molecule has 0 aliphatic heterocycles.